The van der Waals surface area contributed by atoms with Crippen LogP contribution in [0.2, 0.25) is 0 Å². The summed E-state index contributed by atoms with van der Waals surface area (Å²) in [5, 5.41) is 15.1. The minimum absolute atomic E-state index is 0.259. The molecule has 1 amide bonds. The van der Waals surface area contributed by atoms with E-state index in [2.05, 4.69) is 10.3 Å². The summed E-state index contributed by atoms with van der Waals surface area (Å²) < 4.78 is 20.9. The molecule has 1 atom stereocenters. The van der Waals surface area contributed by atoms with Crippen molar-refractivity contribution in [2.75, 3.05) is 13.2 Å². The van der Waals surface area contributed by atoms with Crippen molar-refractivity contribution in [1.29, 1.82) is 0 Å². The van der Waals surface area contributed by atoms with Crippen molar-refractivity contribution in [1.82, 2.24) is 15.2 Å². The van der Waals surface area contributed by atoms with Crippen LogP contribution in [0.15, 0.2) is 61.1 Å². The molecule has 0 radical (unpaired) electrons. The van der Waals surface area contributed by atoms with Gasteiger partial charge in [-0.15, -0.1) is 0 Å². The molecule has 1 aliphatic heterocycles. The third-order valence-corrected chi connectivity index (χ3v) is 5.38. The molecule has 1 N–H and O–H groups in total. The van der Waals surface area contributed by atoms with Crippen molar-refractivity contribution in [3.63, 3.8) is 0 Å². The number of aromatic nitrogens is 2. The number of hydrogen-bond acceptors (Lipinski definition) is 5. The van der Waals surface area contributed by atoms with Crippen LogP contribution >= 0.6 is 0 Å². The lowest BCUT2D eigenvalue weighted by Gasteiger charge is -2.31. The van der Waals surface area contributed by atoms with E-state index in [1.54, 1.807) is 18.2 Å². The van der Waals surface area contributed by atoms with E-state index in [4.69, 9.17) is 4.74 Å². The Bertz CT molecular complexity index is 1160. The predicted octanol–water partition coefficient (Wildman–Crippen LogP) is 3.37. The van der Waals surface area contributed by atoms with Crippen molar-refractivity contribution in [3.05, 3.63) is 83.2 Å². The Morgan fingerprint density at radius 3 is 2.64 bits per heavy atom. The predicted molar refractivity (Wildman–Crippen MR) is 122 cm³/mol. The molecule has 33 heavy (non-hydrogen) atoms. The molecule has 1 unspecified atom stereocenters. The van der Waals surface area contributed by atoms with E-state index in [-0.39, 0.29) is 17.6 Å². The van der Waals surface area contributed by atoms with Crippen molar-refractivity contribution in [2.45, 2.75) is 38.9 Å². The Balaban J connectivity index is 1.76. The number of amides is 1. The normalized spacial score (nSPS) is 16.4. The standard InChI is InChI=1S/C25H27FN4O3/c1-25(2,3)28-23(31)22-20-15-30(32)16-27-24(20)33-13-12-29(22)14-17-8-4-5-9-18(17)19-10-6-7-11-21(19)26/h4-11,15-16,22H,12-14H2,1-3H3,(H,28,31). The highest BCUT2D eigenvalue weighted by atomic mass is 19.1. The molecule has 8 heteroatoms. The molecule has 1 aliphatic rings. The number of nitrogens with one attached hydrogen (secondary N) is 1. The van der Waals surface area contributed by atoms with Gasteiger partial charge in [0.2, 0.25) is 5.91 Å². The lowest BCUT2D eigenvalue weighted by molar-refractivity contribution is -0.609. The first-order chi connectivity index (χ1) is 15.7. The number of rotatable bonds is 4. The van der Waals surface area contributed by atoms with Crippen LogP contribution < -0.4 is 14.8 Å². The number of carbonyl (C=O) groups excluding carboxylic acids is 1. The van der Waals surface area contributed by atoms with E-state index in [1.165, 1.54) is 12.3 Å². The van der Waals surface area contributed by atoms with Crippen LogP contribution in [0.1, 0.15) is 37.9 Å². The molecule has 4 rings (SSSR count). The number of hydrogen-bond donors (Lipinski definition) is 1. The molecule has 0 saturated carbocycles. The van der Waals surface area contributed by atoms with Gasteiger partial charge in [-0.1, -0.05) is 42.5 Å². The summed E-state index contributed by atoms with van der Waals surface area (Å²) in [6.45, 7) is 6.76. The van der Waals surface area contributed by atoms with Gasteiger partial charge in [-0.3, -0.25) is 9.69 Å². The second-order valence-electron chi connectivity index (χ2n) is 9.09. The molecule has 172 valence electrons. The fraction of sp³-hybridized carbons (Fsp3) is 0.320. The Hall–Kier alpha value is -3.52. The van der Waals surface area contributed by atoms with Crippen LogP contribution in [0.4, 0.5) is 4.39 Å². The summed E-state index contributed by atoms with van der Waals surface area (Å²) in [5.74, 6) is -0.306. The third kappa shape index (κ3) is 5.12. The first kappa shape index (κ1) is 22.7. The molecular weight excluding hydrogens is 423 g/mol. The first-order valence-electron chi connectivity index (χ1n) is 10.8. The summed E-state index contributed by atoms with van der Waals surface area (Å²) in [6, 6.07) is 13.4. The average molecular weight is 451 g/mol. The Labute approximate surface area is 192 Å². The maximum Gasteiger partial charge on any atom is 0.336 e. The highest BCUT2D eigenvalue weighted by molar-refractivity contribution is 5.84. The van der Waals surface area contributed by atoms with Crippen LogP contribution in [0, 0.1) is 11.0 Å². The summed E-state index contributed by atoms with van der Waals surface area (Å²) in [7, 11) is 0. The first-order valence-corrected chi connectivity index (χ1v) is 10.8. The van der Waals surface area contributed by atoms with E-state index in [1.807, 2.05) is 49.9 Å². The molecule has 2 aromatic carbocycles. The third-order valence-electron chi connectivity index (χ3n) is 5.38. The summed E-state index contributed by atoms with van der Waals surface area (Å²) in [6.07, 6.45) is 2.44. The topological polar surface area (TPSA) is 81.4 Å². The van der Waals surface area contributed by atoms with Gasteiger partial charge in [0.25, 0.3) is 6.33 Å². The van der Waals surface area contributed by atoms with E-state index in [9.17, 15) is 14.4 Å². The minimum atomic E-state index is -0.802. The van der Waals surface area contributed by atoms with Crippen molar-refractivity contribution >= 4 is 5.91 Å². The fourth-order valence-corrected chi connectivity index (χ4v) is 4.04. The summed E-state index contributed by atoms with van der Waals surface area (Å²) in [5.41, 5.74) is 2.03. The van der Waals surface area contributed by atoms with Gasteiger partial charge in [0, 0.05) is 24.2 Å². The van der Waals surface area contributed by atoms with Crippen molar-refractivity contribution < 1.29 is 18.7 Å². The maximum atomic E-state index is 14.6. The molecule has 0 spiro atoms. The number of fused-ring (bicyclic) bond motifs is 1. The second kappa shape index (κ2) is 9.15. The molecule has 0 aliphatic carbocycles. The largest absolute Gasteiger partial charge is 0.711 e. The van der Waals surface area contributed by atoms with Crippen molar-refractivity contribution in [3.8, 4) is 17.0 Å². The Morgan fingerprint density at radius 2 is 1.91 bits per heavy atom. The van der Waals surface area contributed by atoms with Gasteiger partial charge in [-0.25, -0.2) is 9.12 Å². The number of ether oxygens (including phenoxy) is 1. The lowest BCUT2D eigenvalue weighted by Crippen LogP contribution is -2.48. The zero-order valence-corrected chi connectivity index (χ0v) is 18.9. The molecule has 1 aromatic heterocycles. The van der Waals surface area contributed by atoms with Gasteiger partial charge in [0.05, 0.1) is 0 Å². The molecule has 7 nitrogen and oxygen atoms in total. The maximum absolute atomic E-state index is 14.6. The molecule has 0 saturated heterocycles. The average Bonchev–Trinajstić information content (AvgIpc) is 2.92. The van der Waals surface area contributed by atoms with Gasteiger partial charge in [0.1, 0.15) is 30.2 Å². The number of carbonyl (C=O) groups is 1. The summed E-state index contributed by atoms with van der Waals surface area (Å²) >= 11 is 0. The van der Waals surface area contributed by atoms with Crippen molar-refractivity contribution in [2.24, 2.45) is 0 Å². The smallest absolute Gasteiger partial charge is 0.336 e. The second-order valence-corrected chi connectivity index (χ2v) is 9.09. The van der Waals surface area contributed by atoms with E-state index >= 15 is 0 Å². The zero-order chi connectivity index (χ0) is 23.6. The molecule has 0 bridgehead atoms. The SMILES string of the molecule is CC(C)(C)NC(=O)C1c2c[n+]([O-])cnc2OCCN1Cc1ccccc1-c1ccccc1F. The molecular formula is C25H27FN4O3. The highest BCUT2D eigenvalue weighted by Gasteiger charge is 2.37. The Kier molecular flexibility index (Phi) is 6.29. The van der Waals surface area contributed by atoms with Gasteiger partial charge in [-0.05, 0) is 42.9 Å². The lowest BCUT2D eigenvalue weighted by atomic mass is 9.97. The summed E-state index contributed by atoms with van der Waals surface area (Å²) in [4.78, 5) is 19.5. The van der Waals surface area contributed by atoms with Gasteiger partial charge in [0.15, 0.2) is 0 Å². The number of halogens is 1. The van der Waals surface area contributed by atoms with Crippen LogP contribution in [0.25, 0.3) is 11.1 Å². The highest BCUT2D eigenvalue weighted by Crippen LogP contribution is 2.33. The van der Waals surface area contributed by atoms with Crippen LogP contribution in [-0.4, -0.2) is 34.5 Å². The minimum Gasteiger partial charge on any atom is -0.711 e. The van der Waals surface area contributed by atoms with Crippen LogP contribution in [0.3, 0.4) is 0 Å². The van der Waals surface area contributed by atoms with E-state index in [0.717, 1.165) is 17.5 Å². The van der Waals surface area contributed by atoms with Crippen LogP contribution in [-0.2, 0) is 11.3 Å². The molecule has 3 aromatic rings. The number of benzene rings is 2. The Morgan fingerprint density at radius 1 is 1.21 bits per heavy atom. The quantitative estimate of drug-likeness (QED) is 0.487. The van der Waals surface area contributed by atoms with E-state index in [0.29, 0.717) is 35.6 Å². The van der Waals surface area contributed by atoms with Gasteiger partial charge >= 0.3 is 5.88 Å². The van der Waals surface area contributed by atoms with Gasteiger partial charge in [-0.2, -0.15) is 0 Å². The van der Waals surface area contributed by atoms with Crippen LogP contribution in [0.5, 0.6) is 5.88 Å². The van der Waals surface area contributed by atoms with Gasteiger partial charge < -0.3 is 15.3 Å². The molecule has 2 heterocycles. The van der Waals surface area contributed by atoms with E-state index < -0.39 is 11.6 Å². The monoisotopic (exact) mass is 450 g/mol. The molecule has 0 fully saturated rings. The zero-order valence-electron chi connectivity index (χ0n) is 18.9. The fourth-order valence-electron chi connectivity index (χ4n) is 4.04. The number of nitrogens with zero attached hydrogens (tertiary/aromatic N) is 3.